The molecule has 0 fully saturated rings. The van der Waals surface area contributed by atoms with Crippen LogP contribution < -0.4 is 10.6 Å². The van der Waals surface area contributed by atoms with Crippen LogP contribution in [0.25, 0.3) is 11.0 Å². The second kappa shape index (κ2) is 12.5. The van der Waals surface area contributed by atoms with Gasteiger partial charge in [0.2, 0.25) is 0 Å². The highest BCUT2D eigenvalue weighted by Crippen LogP contribution is 2.15. The van der Waals surface area contributed by atoms with Crippen molar-refractivity contribution < 1.29 is 4.74 Å². The zero-order valence-electron chi connectivity index (χ0n) is 18.0. The molecule has 0 saturated heterocycles. The Kier molecular flexibility index (Phi) is 10.1. The first-order valence-electron chi connectivity index (χ1n) is 10.2. The fourth-order valence-corrected chi connectivity index (χ4v) is 3.44. The minimum absolute atomic E-state index is 0. The molecule has 3 aromatic rings. The fraction of sp³-hybridized carbons (Fsp3) is 0.391. The van der Waals surface area contributed by atoms with E-state index in [0.717, 1.165) is 43.4 Å². The molecule has 30 heavy (non-hydrogen) atoms. The number of para-hydroxylation sites is 2. The Balaban J connectivity index is 0.00000320. The average Bonchev–Trinajstić information content (AvgIpc) is 3.05. The second-order valence-corrected chi connectivity index (χ2v) is 6.98. The molecule has 3 rings (SSSR count). The van der Waals surface area contributed by atoms with E-state index in [0.29, 0.717) is 13.2 Å². The molecule has 1 aromatic heterocycles. The minimum atomic E-state index is 0. The molecule has 0 amide bonds. The van der Waals surface area contributed by atoms with Gasteiger partial charge >= 0.3 is 0 Å². The van der Waals surface area contributed by atoms with Crippen molar-refractivity contribution in [1.29, 1.82) is 0 Å². The number of nitrogens with one attached hydrogen (secondary N) is 2. The van der Waals surface area contributed by atoms with E-state index in [2.05, 4.69) is 64.4 Å². The van der Waals surface area contributed by atoms with Gasteiger partial charge in [-0.3, -0.25) is 0 Å². The number of benzene rings is 2. The van der Waals surface area contributed by atoms with Crippen molar-refractivity contribution in [1.82, 2.24) is 20.2 Å². The first-order valence-corrected chi connectivity index (χ1v) is 10.2. The predicted octanol–water partition coefficient (Wildman–Crippen LogP) is 4.25. The number of hydrogen-bond donors (Lipinski definition) is 2. The summed E-state index contributed by atoms with van der Waals surface area (Å²) >= 11 is 0. The van der Waals surface area contributed by atoms with Gasteiger partial charge in [-0.1, -0.05) is 36.4 Å². The number of aliphatic imine (C=N–C) groups is 1. The van der Waals surface area contributed by atoms with Gasteiger partial charge in [0.1, 0.15) is 5.82 Å². The average molecular weight is 521 g/mol. The number of aryl methyl sites for hydroxylation is 2. The summed E-state index contributed by atoms with van der Waals surface area (Å²) in [5, 5.41) is 6.77. The third kappa shape index (κ3) is 6.43. The molecule has 0 aliphatic rings. The van der Waals surface area contributed by atoms with E-state index in [9.17, 15) is 0 Å². The Bertz CT molecular complexity index is 954. The molecule has 0 saturated carbocycles. The topological polar surface area (TPSA) is 63.5 Å². The molecule has 2 N–H and O–H groups in total. The number of halogens is 1. The van der Waals surface area contributed by atoms with E-state index in [-0.39, 0.29) is 24.0 Å². The Morgan fingerprint density at radius 3 is 2.57 bits per heavy atom. The molecule has 1 heterocycles. The summed E-state index contributed by atoms with van der Waals surface area (Å²) < 4.78 is 7.57. The second-order valence-electron chi connectivity index (χ2n) is 6.98. The minimum Gasteiger partial charge on any atom is -0.380 e. The molecule has 0 aliphatic carbocycles. The van der Waals surface area contributed by atoms with E-state index in [1.54, 1.807) is 7.11 Å². The Hall–Kier alpha value is -2.13. The van der Waals surface area contributed by atoms with Crippen LogP contribution in [0.4, 0.5) is 0 Å². The molecule has 0 spiro atoms. The fourth-order valence-electron chi connectivity index (χ4n) is 3.44. The van der Waals surface area contributed by atoms with Crippen molar-refractivity contribution in [2.45, 2.75) is 40.0 Å². The third-order valence-corrected chi connectivity index (χ3v) is 4.87. The monoisotopic (exact) mass is 521 g/mol. The number of fused-ring (bicyclic) bond motifs is 1. The normalized spacial score (nSPS) is 11.4. The molecular formula is C23H32IN5O. The number of aromatic nitrogens is 2. The summed E-state index contributed by atoms with van der Waals surface area (Å²) in [5.41, 5.74) is 4.62. The first kappa shape index (κ1) is 24.1. The maximum absolute atomic E-state index is 5.29. The zero-order valence-corrected chi connectivity index (χ0v) is 20.3. The molecule has 162 valence electrons. The maximum Gasteiger partial charge on any atom is 0.191 e. The number of nitrogens with zero attached hydrogens (tertiary/aromatic N) is 3. The number of rotatable bonds is 9. The Labute approximate surface area is 196 Å². The van der Waals surface area contributed by atoms with Gasteiger partial charge in [-0.05, 0) is 43.5 Å². The smallest absolute Gasteiger partial charge is 0.191 e. The highest BCUT2D eigenvalue weighted by molar-refractivity contribution is 14.0. The molecular weight excluding hydrogens is 489 g/mol. The van der Waals surface area contributed by atoms with Crippen molar-refractivity contribution in [2.75, 3.05) is 20.2 Å². The van der Waals surface area contributed by atoms with Crippen molar-refractivity contribution in [3.63, 3.8) is 0 Å². The van der Waals surface area contributed by atoms with Crippen molar-refractivity contribution in [2.24, 2.45) is 4.99 Å². The van der Waals surface area contributed by atoms with Crippen LogP contribution in [0.1, 0.15) is 30.3 Å². The Morgan fingerprint density at radius 1 is 1.07 bits per heavy atom. The van der Waals surface area contributed by atoms with Crippen LogP contribution in [0, 0.1) is 6.92 Å². The lowest BCUT2D eigenvalue weighted by Crippen LogP contribution is -2.38. The number of ether oxygens (including phenoxy) is 1. The molecule has 0 atom stereocenters. The number of hydrogen-bond acceptors (Lipinski definition) is 3. The standard InChI is InChI=1S/C23H31N5O.HI/c1-4-24-23(26-16-19-10-5-6-11-20(19)17-29-3)25-14-9-15-28-18(2)27-21-12-7-8-13-22(21)28;/h5-8,10-13H,4,9,14-17H2,1-3H3,(H2,24,25,26);1H. The van der Waals surface area contributed by atoms with Crippen LogP contribution in [-0.2, 0) is 24.4 Å². The van der Waals surface area contributed by atoms with Gasteiger partial charge in [-0.2, -0.15) is 0 Å². The predicted molar refractivity (Wildman–Crippen MR) is 134 cm³/mol. The molecule has 0 aliphatic heterocycles. The van der Waals surface area contributed by atoms with E-state index in [1.165, 1.54) is 16.6 Å². The summed E-state index contributed by atoms with van der Waals surface area (Å²) in [5.74, 6) is 1.90. The SMILES string of the molecule is CCNC(=NCc1ccccc1COC)NCCCn1c(C)nc2ccccc21.I. The molecule has 0 unspecified atom stereocenters. The molecule has 2 aromatic carbocycles. The van der Waals surface area contributed by atoms with Crippen LogP contribution in [0.5, 0.6) is 0 Å². The molecule has 0 bridgehead atoms. The maximum atomic E-state index is 5.29. The van der Waals surface area contributed by atoms with E-state index in [4.69, 9.17) is 9.73 Å². The highest BCUT2D eigenvalue weighted by atomic mass is 127. The van der Waals surface area contributed by atoms with Gasteiger partial charge in [0.25, 0.3) is 0 Å². The van der Waals surface area contributed by atoms with E-state index >= 15 is 0 Å². The molecule has 6 nitrogen and oxygen atoms in total. The van der Waals surface area contributed by atoms with E-state index in [1.807, 2.05) is 18.2 Å². The zero-order chi connectivity index (χ0) is 20.5. The lowest BCUT2D eigenvalue weighted by Gasteiger charge is -2.13. The molecule has 0 radical (unpaired) electrons. The van der Waals surface area contributed by atoms with Crippen LogP contribution >= 0.6 is 24.0 Å². The van der Waals surface area contributed by atoms with Crippen LogP contribution in [0.15, 0.2) is 53.5 Å². The van der Waals surface area contributed by atoms with Gasteiger partial charge in [-0.15, -0.1) is 24.0 Å². The summed E-state index contributed by atoms with van der Waals surface area (Å²) in [4.78, 5) is 9.39. The lowest BCUT2D eigenvalue weighted by atomic mass is 10.1. The van der Waals surface area contributed by atoms with Crippen molar-refractivity contribution in [3.8, 4) is 0 Å². The van der Waals surface area contributed by atoms with Gasteiger partial charge in [0.05, 0.1) is 24.2 Å². The van der Waals surface area contributed by atoms with Crippen LogP contribution in [0.2, 0.25) is 0 Å². The van der Waals surface area contributed by atoms with Gasteiger partial charge < -0.3 is 19.9 Å². The van der Waals surface area contributed by atoms with Gasteiger partial charge in [0, 0.05) is 26.7 Å². The van der Waals surface area contributed by atoms with Gasteiger partial charge in [0.15, 0.2) is 5.96 Å². The van der Waals surface area contributed by atoms with E-state index < -0.39 is 0 Å². The number of guanidine groups is 1. The van der Waals surface area contributed by atoms with Gasteiger partial charge in [-0.25, -0.2) is 9.98 Å². The van der Waals surface area contributed by atoms with Crippen molar-refractivity contribution in [3.05, 3.63) is 65.5 Å². The summed E-state index contributed by atoms with van der Waals surface area (Å²) in [6, 6.07) is 16.6. The Morgan fingerprint density at radius 2 is 1.80 bits per heavy atom. The highest BCUT2D eigenvalue weighted by Gasteiger charge is 2.06. The van der Waals surface area contributed by atoms with Crippen LogP contribution in [0.3, 0.4) is 0 Å². The molecule has 7 heteroatoms. The largest absolute Gasteiger partial charge is 0.380 e. The third-order valence-electron chi connectivity index (χ3n) is 4.87. The van der Waals surface area contributed by atoms with Crippen molar-refractivity contribution >= 4 is 41.0 Å². The summed E-state index contributed by atoms with van der Waals surface area (Å²) in [7, 11) is 1.72. The first-order chi connectivity index (χ1) is 14.2. The number of imidazole rings is 1. The lowest BCUT2D eigenvalue weighted by molar-refractivity contribution is 0.184. The quantitative estimate of drug-likeness (QED) is 0.191. The van der Waals surface area contributed by atoms with Crippen LogP contribution in [-0.4, -0.2) is 35.7 Å². The summed E-state index contributed by atoms with van der Waals surface area (Å²) in [6.07, 6.45) is 0.992. The summed E-state index contributed by atoms with van der Waals surface area (Å²) in [6.45, 7) is 7.98. The number of methoxy groups -OCH3 is 1.